The molecule has 0 saturated carbocycles. The van der Waals surface area contributed by atoms with E-state index in [1.54, 1.807) is 13.8 Å². The molecule has 0 bridgehead atoms. The fraction of sp³-hybridized carbons (Fsp3) is 0.333. The highest BCUT2D eigenvalue weighted by atomic mass is 16.3. The molecule has 1 heterocycles. The van der Waals surface area contributed by atoms with E-state index in [1.165, 1.54) is 0 Å². The molecule has 4 heteroatoms. The van der Waals surface area contributed by atoms with Crippen LogP contribution < -0.4 is 5.56 Å². The fourth-order valence-electron chi connectivity index (χ4n) is 0.720. The predicted molar refractivity (Wildman–Crippen MR) is 36.0 cm³/mol. The van der Waals surface area contributed by atoms with Gasteiger partial charge in [0.25, 0.3) is 5.56 Å². The van der Waals surface area contributed by atoms with Crippen LogP contribution in [0.3, 0.4) is 0 Å². The predicted octanol–water partition coefficient (Wildman–Crippen LogP) is 0.0923. The second kappa shape index (κ2) is 2.13. The Bertz CT molecular complexity index is 303. The van der Waals surface area contributed by atoms with E-state index in [9.17, 15) is 4.79 Å². The average Bonchev–Trinajstić information content (AvgIpc) is 1.82. The van der Waals surface area contributed by atoms with Gasteiger partial charge in [-0.1, -0.05) is 0 Å². The van der Waals surface area contributed by atoms with Gasteiger partial charge >= 0.3 is 0 Å². The maximum atomic E-state index is 10.7. The number of aromatic nitrogens is 2. The summed E-state index contributed by atoms with van der Waals surface area (Å²) in [7, 11) is 0. The van der Waals surface area contributed by atoms with Gasteiger partial charge in [0.05, 0.1) is 5.69 Å². The summed E-state index contributed by atoms with van der Waals surface area (Å²) in [4.78, 5) is 16.9. The van der Waals surface area contributed by atoms with Gasteiger partial charge in [0.15, 0.2) is 0 Å². The zero-order valence-corrected chi connectivity index (χ0v) is 5.80. The first-order valence-electron chi connectivity index (χ1n) is 2.87. The second-order valence-corrected chi connectivity index (χ2v) is 2.09. The zero-order valence-electron chi connectivity index (χ0n) is 5.80. The lowest BCUT2D eigenvalue weighted by molar-refractivity contribution is 0.457. The van der Waals surface area contributed by atoms with E-state index in [4.69, 9.17) is 5.11 Å². The summed E-state index contributed by atoms with van der Waals surface area (Å²) in [6.45, 7) is 3.24. The molecule has 0 spiro atoms. The van der Waals surface area contributed by atoms with Crippen LogP contribution >= 0.6 is 0 Å². The van der Waals surface area contributed by atoms with Crippen molar-refractivity contribution in [3.8, 4) is 5.75 Å². The van der Waals surface area contributed by atoms with Crippen molar-refractivity contribution in [3.63, 3.8) is 0 Å². The SMILES string of the molecule is Cc1nc(C)c(O)c(=O)[nH]1. The van der Waals surface area contributed by atoms with Crippen LogP contribution in [-0.2, 0) is 0 Å². The van der Waals surface area contributed by atoms with Crippen molar-refractivity contribution in [1.82, 2.24) is 9.97 Å². The van der Waals surface area contributed by atoms with Crippen molar-refractivity contribution < 1.29 is 5.11 Å². The van der Waals surface area contributed by atoms with E-state index in [2.05, 4.69) is 9.97 Å². The lowest BCUT2D eigenvalue weighted by Gasteiger charge is -1.96. The molecule has 10 heavy (non-hydrogen) atoms. The van der Waals surface area contributed by atoms with E-state index in [-0.39, 0.29) is 5.75 Å². The number of aromatic hydroxyl groups is 1. The minimum absolute atomic E-state index is 0.300. The van der Waals surface area contributed by atoms with E-state index in [0.717, 1.165) is 0 Å². The molecule has 0 aliphatic rings. The van der Waals surface area contributed by atoms with Gasteiger partial charge in [-0.3, -0.25) is 4.79 Å². The Morgan fingerprint density at radius 3 is 2.60 bits per heavy atom. The van der Waals surface area contributed by atoms with Crippen LogP contribution in [0.5, 0.6) is 5.75 Å². The Morgan fingerprint density at radius 1 is 1.50 bits per heavy atom. The van der Waals surface area contributed by atoms with Gasteiger partial charge in [0.1, 0.15) is 5.82 Å². The average molecular weight is 140 g/mol. The summed E-state index contributed by atoms with van der Waals surface area (Å²) in [5, 5.41) is 8.92. The Kier molecular flexibility index (Phi) is 1.45. The van der Waals surface area contributed by atoms with E-state index < -0.39 is 5.56 Å². The molecule has 0 amide bonds. The molecular weight excluding hydrogens is 132 g/mol. The number of hydrogen-bond donors (Lipinski definition) is 2. The highest BCUT2D eigenvalue weighted by Gasteiger charge is 2.01. The lowest BCUT2D eigenvalue weighted by Crippen LogP contribution is -2.09. The molecule has 1 rings (SSSR count). The maximum Gasteiger partial charge on any atom is 0.293 e. The van der Waals surface area contributed by atoms with Gasteiger partial charge in [0.2, 0.25) is 5.75 Å². The van der Waals surface area contributed by atoms with Crippen LogP contribution in [0.2, 0.25) is 0 Å². The summed E-state index contributed by atoms with van der Waals surface area (Å²) >= 11 is 0. The Hall–Kier alpha value is -1.32. The molecule has 0 aliphatic heterocycles. The third-order valence-corrected chi connectivity index (χ3v) is 1.19. The van der Waals surface area contributed by atoms with E-state index in [0.29, 0.717) is 11.5 Å². The Labute approximate surface area is 57.6 Å². The standard InChI is InChI=1S/C6H8N2O2/c1-3-5(9)6(10)8-4(2)7-3/h9H,1-2H3,(H,7,8,10). The topological polar surface area (TPSA) is 66.0 Å². The summed E-state index contributed by atoms with van der Waals surface area (Å²) in [6, 6.07) is 0. The monoisotopic (exact) mass is 140 g/mol. The number of aryl methyl sites for hydroxylation is 2. The van der Waals surface area contributed by atoms with Crippen molar-refractivity contribution in [1.29, 1.82) is 0 Å². The molecule has 0 fully saturated rings. The molecule has 0 radical (unpaired) electrons. The van der Waals surface area contributed by atoms with Gasteiger partial charge in [-0.15, -0.1) is 0 Å². The zero-order chi connectivity index (χ0) is 7.72. The van der Waals surface area contributed by atoms with Gasteiger partial charge in [-0.2, -0.15) is 0 Å². The molecular formula is C6H8N2O2. The van der Waals surface area contributed by atoms with Gasteiger partial charge in [0, 0.05) is 0 Å². The minimum atomic E-state index is -0.481. The number of rotatable bonds is 0. The molecule has 2 N–H and O–H groups in total. The lowest BCUT2D eigenvalue weighted by atomic mass is 10.4. The molecule has 4 nitrogen and oxygen atoms in total. The molecule has 0 saturated heterocycles. The van der Waals surface area contributed by atoms with Crippen LogP contribution in [0.25, 0.3) is 0 Å². The molecule has 1 aromatic heterocycles. The summed E-state index contributed by atoms with van der Waals surface area (Å²) in [5.41, 5.74) is -0.119. The molecule has 0 atom stereocenters. The van der Waals surface area contributed by atoms with Gasteiger partial charge < -0.3 is 10.1 Å². The third-order valence-electron chi connectivity index (χ3n) is 1.19. The Balaban J connectivity index is 3.46. The number of nitrogens with one attached hydrogen (secondary N) is 1. The van der Waals surface area contributed by atoms with Crippen molar-refractivity contribution in [2.75, 3.05) is 0 Å². The van der Waals surface area contributed by atoms with Gasteiger partial charge in [-0.05, 0) is 13.8 Å². The number of H-pyrrole nitrogens is 1. The van der Waals surface area contributed by atoms with Crippen molar-refractivity contribution in [2.45, 2.75) is 13.8 Å². The van der Waals surface area contributed by atoms with Crippen molar-refractivity contribution >= 4 is 0 Å². The molecule has 54 valence electrons. The van der Waals surface area contributed by atoms with Gasteiger partial charge in [-0.25, -0.2) is 4.98 Å². The second-order valence-electron chi connectivity index (χ2n) is 2.09. The highest BCUT2D eigenvalue weighted by Crippen LogP contribution is 2.03. The third kappa shape index (κ3) is 1.00. The van der Waals surface area contributed by atoms with E-state index >= 15 is 0 Å². The molecule has 0 aromatic carbocycles. The highest BCUT2D eigenvalue weighted by molar-refractivity contribution is 5.20. The quantitative estimate of drug-likeness (QED) is 0.536. The van der Waals surface area contributed by atoms with Crippen LogP contribution in [0.4, 0.5) is 0 Å². The number of hydrogen-bond acceptors (Lipinski definition) is 3. The van der Waals surface area contributed by atoms with Crippen LogP contribution in [0.15, 0.2) is 4.79 Å². The minimum Gasteiger partial charge on any atom is -0.502 e. The first-order valence-corrected chi connectivity index (χ1v) is 2.87. The first-order chi connectivity index (χ1) is 4.61. The first kappa shape index (κ1) is 6.80. The molecule has 0 unspecified atom stereocenters. The smallest absolute Gasteiger partial charge is 0.293 e. The maximum absolute atomic E-state index is 10.7. The van der Waals surface area contributed by atoms with E-state index in [1.807, 2.05) is 0 Å². The summed E-state index contributed by atoms with van der Waals surface area (Å²) < 4.78 is 0. The van der Waals surface area contributed by atoms with Crippen LogP contribution in [0, 0.1) is 13.8 Å². The van der Waals surface area contributed by atoms with Crippen LogP contribution in [0.1, 0.15) is 11.5 Å². The Morgan fingerprint density at radius 2 is 2.10 bits per heavy atom. The molecule has 1 aromatic rings. The fourth-order valence-corrected chi connectivity index (χ4v) is 0.720. The van der Waals surface area contributed by atoms with Crippen molar-refractivity contribution in [3.05, 3.63) is 21.9 Å². The molecule has 0 aliphatic carbocycles. The largest absolute Gasteiger partial charge is 0.502 e. The summed E-state index contributed by atoms with van der Waals surface area (Å²) in [5.74, 6) is 0.214. The number of nitrogens with zero attached hydrogens (tertiary/aromatic N) is 1. The van der Waals surface area contributed by atoms with Crippen molar-refractivity contribution in [2.24, 2.45) is 0 Å². The normalized spacial score (nSPS) is 9.80. The number of aromatic amines is 1. The van der Waals surface area contributed by atoms with Crippen LogP contribution in [-0.4, -0.2) is 15.1 Å². The summed E-state index contributed by atoms with van der Waals surface area (Å²) in [6.07, 6.45) is 0.